The van der Waals surface area contributed by atoms with Gasteiger partial charge in [-0.15, -0.1) is 0 Å². The summed E-state index contributed by atoms with van der Waals surface area (Å²) in [6.07, 6.45) is 0. The van der Waals surface area contributed by atoms with E-state index >= 15 is 0 Å². The maximum atomic E-state index is 12.8. The third kappa shape index (κ3) is 21.3. The van der Waals surface area contributed by atoms with E-state index in [0.717, 1.165) is 161 Å². The molecular formula is C79H90Br3Cl3N8O4. The summed E-state index contributed by atoms with van der Waals surface area (Å²) in [5.41, 5.74) is 17.3. The fraction of sp³-hybridized carbons (Fsp3) is 0.291. The molecule has 9 aromatic carbocycles. The fourth-order valence-corrected chi connectivity index (χ4v) is 14.9. The highest BCUT2D eigenvalue weighted by Gasteiger charge is 2.21. The van der Waals surface area contributed by atoms with Gasteiger partial charge in [0.25, 0.3) is 23.6 Å². The quantitative estimate of drug-likeness (QED) is 0.0594. The summed E-state index contributed by atoms with van der Waals surface area (Å²) in [7, 11) is 0. The van der Waals surface area contributed by atoms with Crippen LogP contribution in [0.25, 0.3) is 10.8 Å². The zero-order valence-electron chi connectivity index (χ0n) is 58.3. The Morgan fingerprint density at radius 2 is 0.660 bits per heavy atom. The lowest BCUT2D eigenvalue weighted by atomic mass is 9.99. The molecule has 0 saturated carbocycles. The number of hydrogen-bond donors (Lipinski definition) is 4. The Morgan fingerprint density at radius 3 is 1.01 bits per heavy atom. The van der Waals surface area contributed by atoms with Crippen molar-refractivity contribution in [3.63, 3.8) is 0 Å². The van der Waals surface area contributed by atoms with E-state index in [1.54, 1.807) is 0 Å². The molecule has 4 N–H and O–H groups in total. The Morgan fingerprint density at radius 1 is 0.340 bits per heavy atom. The lowest BCUT2D eigenvalue weighted by Crippen LogP contribution is -2.22. The predicted octanol–water partition coefficient (Wildman–Crippen LogP) is 22.7. The molecule has 0 radical (unpaired) electrons. The third-order valence-corrected chi connectivity index (χ3v) is 19.3. The molecule has 0 heterocycles. The summed E-state index contributed by atoms with van der Waals surface area (Å²) in [4.78, 5) is 59.9. The number of nitrogens with one attached hydrogen (secondary N) is 4. The molecule has 0 spiro atoms. The molecule has 0 saturated heterocycles. The number of carbonyl (C=O) groups excluding carboxylic acids is 4. The average Bonchev–Trinajstić information content (AvgIpc) is 0.867. The number of nitrogens with zero attached hydrogens (tertiary/aromatic N) is 4. The van der Waals surface area contributed by atoms with Crippen LogP contribution in [-0.2, 0) is 0 Å². The monoisotopic (exact) mass is 1560 g/mol. The summed E-state index contributed by atoms with van der Waals surface area (Å²) in [6.45, 7) is 38.4. The summed E-state index contributed by atoms with van der Waals surface area (Å²) in [6, 6.07) is 49.3. The Labute approximate surface area is 615 Å². The van der Waals surface area contributed by atoms with E-state index in [1.807, 2.05) is 120 Å². The average molecular weight is 1560 g/mol. The number of anilines is 8. The SMILES string of the molecule is CCN(CC)c1ccc(C)c(NC(=O)c2c(Br)cc(Br)cc2Br)c1.CCN(CC)c1ccc(C)c(NC(=O)c2c(C)cc(C)cc2C)c1.CCN(CC)c1ccc(C)c(NC(=O)c2c(Cl)cc(Cl)cc2Cl)c1.CCN(CC)c1ccc(C)c(NC(=O)c2ccc3ccccc3c2)c1. The second kappa shape index (κ2) is 37.5. The summed E-state index contributed by atoms with van der Waals surface area (Å²) in [5.74, 6) is -0.627. The number of fused-ring (bicyclic) bond motifs is 1. The summed E-state index contributed by atoms with van der Waals surface area (Å²) < 4.78 is 2.37. The molecule has 0 aliphatic rings. The van der Waals surface area contributed by atoms with E-state index in [9.17, 15) is 19.2 Å². The van der Waals surface area contributed by atoms with Crippen LogP contribution in [0.3, 0.4) is 0 Å². The number of benzene rings is 9. The number of halogens is 6. The molecule has 512 valence electrons. The Hall–Kier alpha value is -7.37. The molecular weight excluding hydrogens is 1470 g/mol. The van der Waals surface area contributed by atoms with Crippen molar-refractivity contribution in [1.82, 2.24) is 0 Å². The first-order valence-electron chi connectivity index (χ1n) is 32.8. The lowest BCUT2D eigenvalue weighted by molar-refractivity contribution is 0.101. The van der Waals surface area contributed by atoms with Gasteiger partial charge in [0.15, 0.2) is 0 Å². The van der Waals surface area contributed by atoms with Gasteiger partial charge in [0.05, 0.1) is 21.2 Å². The highest BCUT2D eigenvalue weighted by atomic mass is 79.9. The Bertz CT molecular complexity index is 3870. The molecule has 9 rings (SSSR count). The van der Waals surface area contributed by atoms with Gasteiger partial charge >= 0.3 is 0 Å². The molecule has 4 amide bonds. The maximum Gasteiger partial charge on any atom is 0.258 e. The summed E-state index contributed by atoms with van der Waals surface area (Å²) >= 11 is 28.5. The number of rotatable bonds is 20. The molecule has 97 heavy (non-hydrogen) atoms. The van der Waals surface area contributed by atoms with Gasteiger partial charge < -0.3 is 40.9 Å². The highest BCUT2D eigenvalue weighted by molar-refractivity contribution is 9.11. The molecule has 9 aromatic rings. The molecule has 0 bridgehead atoms. The van der Waals surface area contributed by atoms with Crippen LogP contribution >= 0.6 is 82.6 Å². The van der Waals surface area contributed by atoms with Gasteiger partial charge in [0, 0.05) is 127 Å². The normalized spacial score (nSPS) is 10.6. The van der Waals surface area contributed by atoms with Crippen LogP contribution in [0.1, 0.15) is 136 Å². The second-order valence-corrected chi connectivity index (χ2v) is 27.2. The van der Waals surface area contributed by atoms with Crippen molar-refractivity contribution in [2.45, 2.75) is 104 Å². The first kappa shape index (κ1) is 78.6. The number of aryl methyl sites for hydroxylation is 7. The van der Waals surface area contributed by atoms with E-state index < -0.39 is 0 Å². The minimum atomic E-state index is -0.360. The minimum Gasteiger partial charge on any atom is -0.372 e. The van der Waals surface area contributed by atoms with Gasteiger partial charge in [0.2, 0.25) is 0 Å². The fourth-order valence-electron chi connectivity index (χ4n) is 11.3. The van der Waals surface area contributed by atoms with Crippen LogP contribution in [0.2, 0.25) is 15.1 Å². The molecule has 12 nitrogen and oxygen atoms in total. The topological polar surface area (TPSA) is 129 Å². The zero-order chi connectivity index (χ0) is 71.4. The number of hydrogen-bond acceptors (Lipinski definition) is 8. The molecule has 0 aliphatic heterocycles. The molecule has 0 fully saturated rings. The van der Waals surface area contributed by atoms with Gasteiger partial charge in [-0.2, -0.15) is 0 Å². The molecule has 0 unspecified atom stereocenters. The first-order chi connectivity index (χ1) is 46.2. The van der Waals surface area contributed by atoms with E-state index in [0.29, 0.717) is 16.1 Å². The van der Waals surface area contributed by atoms with Crippen molar-refractivity contribution in [1.29, 1.82) is 0 Å². The lowest BCUT2D eigenvalue weighted by Gasteiger charge is -2.22. The Kier molecular flexibility index (Phi) is 30.4. The number of amides is 4. The predicted molar refractivity (Wildman–Crippen MR) is 426 cm³/mol. The van der Waals surface area contributed by atoms with Gasteiger partial charge in [-0.05, 0) is 265 Å². The van der Waals surface area contributed by atoms with Crippen LogP contribution < -0.4 is 40.9 Å². The molecule has 0 aromatic heterocycles. The van der Waals surface area contributed by atoms with Crippen LogP contribution in [0, 0.1) is 48.5 Å². The van der Waals surface area contributed by atoms with Crippen LogP contribution in [0.15, 0.2) is 165 Å². The van der Waals surface area contributed by atoms with Crippen molar-refractivity contribution in [3.05, 3.63) is 241 Å². The van der Waals surface area contributed by atoms with Gasteiger partial charge in [-0.3, -0.25) is 19.2 Å². The second-order valence-electron chi connectivity index (χ2n) is 23.3. The van der Waals surface area contributed by atoms with Gasteiger partial charge in [0.1, 0.15) is 0 Å². The van der Waals surface area contributed by atoms with Crippen LogP contribution in [0.5, 0.6) is 0 Å². The maximum absolute atomic E-state index is 12.8. The zero-order valence-corrected chi connectivity index (χ0v) is 65.3. The molecule has 0 aliphatic carbocycles. The van der Waals surface area contributed by atoms with Gasteiger partial charge in [-0.25, -0.2) is 0 Å². The minimum absolute atomic E-state index is 0.0372. The van der Waals surface area contributed by atoms with Gasteiger partial charge in [-0.1, -0.05) is 123 Å². The third-order valence-electron chi connectivity index (χ3n) is 16.8. The van der Waals surface area contributed by atoms with Crippen LogP contribution in [-0.4, -0.2) is 76.0 Å². The molecule has 18 heteroatoms. The van der Waals surface area contributed by atoms with E-state index in [4.69, 9.17) is 34.8 Å². The highest BCUT2D eigenvalue weighted by Crippen LogP contribution is 2.35. The van der Waals surface area contributed by atoms with Crippen molar-refractivity contribution in [2.75, 3.05) is 93.2 Å². The Balaban J connectivity index is 0.000000204. The van der Waals surface area contributed by atoms with E-state index in [1.165, 1.54) is 17.7 Å². The molecule has 0 atom stereocenters. The van der Waals surface area contributed by atoms with Crippen molar-refractivity contribution in [3.8, 4) is 0 Å². The van der Waals surface area contributed by atoms with E-state index in [-0.39, 0.29) is 39.2 Å². The van der Waals surface area contributed by atoms with Crippen LogP contribution in [0.4, 0.5) is 45.5 Å². The standard InChI is InChI=1S/C22H24N2O.C21H28N2O.C18H19Br3N2O.C18H19Cl3N2O/c1-4-24(5-2)20-13-10-16(3)21(15-20)23-22(25)19-12-11-17-8-6-7-9-18(17)14-19;1-7-23(8-2)18-10-9-15(4)19(13-18)22-21(24)20-16(5)11-14(3)12-17(20)6;2*1-4-23(5-2)13-7-6-11(3)16(10-13)22-18(24)17-14(20)8-12(19)9-15(17)21/h6-15H,4-5H2,1-3H3,(H,23,25);9-13H,7-8H2,1-6H3,(H,22,24);2*6-10H,4-5H2,1-3H3,(H,22,24). The van der Waals surface area contributed by atoms with E-state index in [2.05, 4.69) is 212 Å². The first-order valence-corrected chi connectivity index (χ1v) is 36.3. The number of carbonyl (C=O) groups is 4. The summed E-state index contributed by atoms with van der Waals surface area (Å²) in [5, 5.41) is 15.1. The smallest absolute Gasteiger partial charge is 0.258 e. The van der Waals surface area contributed by atoms with Crippen molar-refractivity contribution >= 4 is 162 Å². The largest absolute Gasteiger partial charge is 0.372 e. The van der Waals surface area contributed by atoms with Crippen molar-refractivity contribution < 1.29 is 19.2 Å². The van der Waals surface area contributed by atoms with Crippen molar-refractivity contribution in [2.24, 2.45) is 0 Å².